The topological polar surface area (TPSA) is 86.3 Å². The number of rotatable bonds is 8. The van der Waals surface area contributed by atoms with Crippen molar-refractivity contribution in [3.05, 3.63) is 83.4 Å². The maximum absolute atomic E-state index is 13.7. The molecule has 184 valence electrons. The van der Waals surface area contributed by atoms with Crippen molar-refractivity contribution in [3.8, 4) is 23.0 Å². The molecule has 0 spiro atoms. The summed E-state index contributed by atoms with van der Waals surface area (Å²) in [6.07, 6.45) is 1.86. The molecule has 4 rings (SSSR count). The lowest BCUT2D eigenvalue weighted by Gasteiger charge is -2.25. The first kappa shape index (κ1) is 24.4. The Bertz CT molecular complexity index is 1350. The normalized spacial score (nSPS) is 15.8. The summed E-state index contributed by atoms with van der Waals surface area (Å²) in [5.41, 5.74) is 6.14. The van der Waals surface area contributed by atoms with Gasteiger partial charge in [0, 0.05) is 5.56 Å². The number of sulfonamides is 1. The van der Waals surface area contributed by atoms with E-state index in [0.29, 0.717) is 34.3 Å². The van der Waals surface area contributed by atoms with Crippen molar-refractivity contribution in [2.45, 2.75) is 17.9 Å². The fourth-order valence-electron chi connectivity index (χ4n) is 3.92. The summed E-state index contributed by atoms with van der Waals surface area (Å²) in [5.74, 6) is 2.18. The number of hydrogen-bond donors (Lipinski definition) is 1. The minimum atomic E-state index is -3.92. The monoisotopic (exact) mass is 496 g/mol. The van der Waals surface area contributed by atoms with Crippen LogP contribution in [0.3, 0.4) is 0 Å². The smallest absolute Gasteiger partial charge is 0.260 e. The van der Waals surface area contributed by atoms with E-state index in [1.807, 2.05) is 25.1 Å². The molecule has 3 aromatic carbocycles. The highest BCUT2D eigenvalue weighted by molar-refractivity contribution is 7.89. The maximum Gasteiger partial charge on any atom is 0.260 e. The summed E-state index contributed by atoms with van der Waals surface area (Å²) in [6, 6.07) is 16.9. The Kier molecular flexibility index (Phi) is 6.90. The van der Waals surface area contributed by atoms with Crippen LogP contribution in [0, 0.1) is 6.92 Å². The number of methoxy groups -OCH3 is 4. The number of nitrogens with one attached hydrogen (secondary N) is 1. The quantitative estimate of drug-likeness (QED) is 0.497. The summed E-state index contributed by atoms with van der Waals surface area (Å²) in [4.78, 5) is 0.183. The minimum absolute atomic E-state index is 0.183. The fraction of sp³-hybridized carbons (Fsp3) is 0.231. The molecular formula is C26H28N2O6S. The van der Waals surface area contributed by atoms with Crippen molar-refractivity contribution in [2.75, 3.05) is 28.4 Å². The van der Waals surface area contributed by atoms with Gasteiger partial charge in [-0.1, -0.05) is 23.8 Å². The van der Waals surface area contributed by atoms with Crippen molar-refractivity contribution in [2.24, 2.45) is 0 Å². The van der Waals surface area contributed by atoms with Crippen LogP contribution >= 0.6 is 0 Å². The van der Waals surface area contributed by atoms with E-state index in [1.54, 1.807) is 77.0 Å². The van der Waals surface area contributed by atoms with Gasteiger partial charge in [0.2, 0.25) is 0 Å². The zero-order valence-electron chi connectivity index (χ0n) is 20.2. The summed E-state index contributed by atoms with van der Waals surface area (Å²) in [7, 11) is 2.30. The van der Waals surface area contributed by atoms with Crippen molar-refractivity contribution >= 4 is 15.7 Å². The fourth-order valence-corrected chi connectivity index (χ4v) is 5.32. The third-order valence-electron chi connectivity index (χ3n) is 5.83. The molecule has 0 aliphatic carbocycles. The first-order chi connectivity index (χ1) is 16.8. The van der Waals surface area contributed by atoms with Crippen LogP contribution in [-0.2, 0) is 10.0 Å². The van der Waals surface area contributed by atoms with E-state index in [4.69, 9.17) is 18.9 Å². The molecule has 1 atom stereocenters. The lowest BCUT2D eigenvalue weighted by atomic mass is 10.0. The third-order valence-corrected chi connectivity index (χ3v) is 7.53. The van der Waals surface area contributed by atoms with Crippen molar-refractivity contribution < 1.29 is 27.4 Å². The summed E-state index contributed by atoms with van der Waals surface area (Å²) in [6.45, 7) is 1.91. The predicted octanol–water partition coefficient (Wildman–Crippen LogP) is 4.32. The SMILES string of the molecule is COc1ccc(C2=CC(c3ccc(OC)c(OC)c3)N(S(=O)(=O)c3ccc(C)cc3)N2)cc1OC. The van der Waals surface area contributed by atoms with Gasteiger partial charge in [-0.3, -0.25) is 0 Å². The molecule has 8 nitrogen and oxygen atoms in total. The molecule has 9 heteroatoms. The molecule has 1 aliphatic rings. The number of hydrazine groups is 1. The van der Waals surface area contributed by atoms with Crippen LogP contribution < -0.4 is 24.4 Å². The van der Waals surface area contributed by atoms with Gasteiger partial charge in [0.1, 0.15) is 0 Å². The summed E-state index contributed by atoms with van der Waals surface area (Å²) >= 11 is 0. The first-order valence-electron chi connectivity index (χ1n) is 10.9. The Labute approximate surface area is 205 Å². The van der Waals surface area contributed by atoms with Crippen LogP contribution in [0.4, 0.5) is 0 Å². The molecule has 0 bridgehead atoms. The molecule has 1 heterocycles. The minimum Gasteiger partial charge on any atom is -0.493 e. The molecule has 35 heavy (non-hydrogen) atoms. The lowest BCUT2D eigenvalue weighted by Crippen LogP contribution is -2.39. The lowest BCUT2D eigenvalue weighted by molar-refractivity contribution is 0.340. The number of aryl methyl sites for hydroxylation is 1. The number of nitrogens with zero attached hydrogens (tertiary/aromatic N) is 1. The zero-order chi connectivity index (χ0) is 25.2. The van der Waals surface area contributed by atoms with Crippen LogP contribution in [0.1, 0.15) is 22.7 Å². The van der Waals surface area contributed by atoms with Crippen LogP contribution in [0.25, 0.3) is 5.70 Å². The van der Waals surface area contributed by atoms with Crippen LogP contribution in [0.15, 0.2) is 71.6 Å². The Balaban J connectivity index is 1.82. The van der Waals surface area contributed by atoms with E-state index in [-0.39, 0.29) is 4.90 Å². The van der Waals surface area contributed by atoms with Gasteiger partial charge < -0.3 is 24.4 Å². The number of benzene rings is 3. The van der Waals surface area contributed by atoms with E-state index in [9.17, 15) is 8.42 Å². The molecule has 0 saturated heterocycles. The average molecular weight is 497 g/mol. The Morgan fingerprint density at radius 3 is 1.91 bits per heavy atom. The Morgan fingerprint density at radius 2 is 1.31 bits per heavy atom. The molecule has 0 aromatic heterocycles. The van der Waals surface area contributed by atoms with Crippen LogP contribution in [-0.4, -0.2) is 41.3 Å². The summed E-state index contributed by atoms with van der Waals surface area (Å²) < 4.78 is 50.3. The molecule has 0 radical (unpaired) electrons. The summed E-state index contributed by atoms with van der Waals surface area (Å²) in [5, 5.41) is 0. The number of ether oxygens (including phenoxy) is 4. The van der Waals surface area contributed by atoms with Gasteiger partial charge in [0.05, 0.1) is 45.1 Å². The largest absolute Gasteiger partial charge is 0.493 e. The van der Waals surface area contributed by atoms with Gasteiger partial charge in [0.15, 0.2) is 23.0 Å². The van der Waals surface area contributed by atoms with Gasteiger partial charge in [-0.2, -0.15) is 0 Å². The van der Waals surface area contributed by atoms with Gasteiger partial charge >= 0.3 is 0 Å². The average Bonchev–Trinajstić information content (AvgIpc) is 3.34. The van der Waals surface area contributed by atoms with Crippen molar-refractivity contribution in [1.82, 2.24) is 9.84 Å². The molecule has 1 N–H and O–H groups in total. The molecule has 3 aromatic rings. The van der Waals surface area contributed by atoms with Gasteiger partial charge in [-0.05, 0) is 61.0 Å². The predicted molar refractivity (Wildman–Crippen MR) is 133 cm³/mol. The standard InChI is InChI=1S/C26H28N2O6S/c1-17-6-10-20(11-7-17)35(29,30)28-22(19-9-13-24(32-3)26(15-19)34-5)16-21(27-28)18-8-12-23(31-2)25(14-18)33-4/h6-16,22,27H,1-5H3. The number of hydrogen-bond acceptors (Lipinski definition) is 7. The van der Waals surface area contributed by atoms with Crippen molar-refractivity contribution in [1.29, 1.82) is 0 Å². The molecule has 0 fully saturated rings. The molecule has 1 aliphatic heterocycles. The molecule has 0 amide bonds. The highest BCUT2D eigenvalue weighted by Crippen LogP contribution is 2.40. The molecular weight excluding hydrogens is 468 g/mol. The zero-order valence-corrected chi connectivity index (χ0v) is 21.0. The van der Waals surface area contributed by atoms with Gasteiger partial charge in [-0.25, -0.2) is 8.42 Å². The first-order valence-corrected chi connectivity index (χ1v) is 12.3. The Hall–Kier alpha value is -3.69. The third kappa shape index (κ3) is 4.65. The highest BCUT2D eigenvalue weighted by Gasteiger charge is 2.37. The maximum atomic E-state index is 13.7. The van der Waals surface area contributed by atoms with E-state index in [1.165, 1.54) is 4.41 Å². The van der Waals surface area contributed by atoms with Crippen LogP contribution in [0.2, 0.25) is 0 Å². The van der Waals surface area contributed by atoms with Crippen molar-refractivity contribution in [3.63, 3.8) is 0 Å². The van der Waals surface area contributed by atoms with Crippen LogP contribution in [0.5, 0.6) is 23.0 Å². The second-order valence-electron chi connectivity index (χ2n) is 7.94. The van der Waals surface area contributed by atoms with E-state index in [2.05, 4.69) is 5.43 Å². The molecule has 1 unspecified atom stereocenters. The second kappa shape index (κ2) is 9.89. The van der Waals surface area contributed by atoms with E-state index in [0.717, 1.165) is 11.1 Å². The second-order valence-corrected chi connectivity index (χ2v) is 9.75. The Morgan fingerprint density at radius 1 is 0.743 bits per heavy atom. The van der Waals surface area contributed by atoms with Gasteiger partial charge in [0.25, 0.3) is 10.0 Å². The van der Waals surface area contributed by atoms with E-state index >= 15 is 0 Å². The van der Waals surface area contributed by atoms with E-state index < -0.39 is 16.1 Å². The molecule has 0 saturated carbocycles. The van der Waals surface area contributed by atoms with Gasteiger partial charge in [-0.15, -0.1) is 4.41 Å². The highest BCUT2D eigenvalue weighted by atomic mass is 32.2.